The highest BCUT2D eigenvalue weighted by Crippen LogP contribution is 2.45. The molecule has 1 aliphatic heterocycles. The second-order valence-electron chi connectivity index (χ2n) is 7.77. The normalized spacial score (nSPS) is 15.9. The smallest absolute Gasteiger partial charge is 0.409 e. The van der Waals surface area contributed by atoms with Crippen LogP contribution in [0.5, 0.6) is 0 Å². The standard InChI is InChI=1S/C23H24Br2ClN3O2/c1-2-31-23(30)29-7-5-14(6-8-29)19-18-15(10-17(26)21(27)20(18)25)3-4-16-9-13(11-24)12-28-22(16)19/h9-10,12H,2-8,11,27H2,1H3. The molecule has 5 nitrogen and oxygen atoms in total. The van der Waals surface area contributed by atoms with E-state index in [1.807, 2.05) is 19.2 Å². The zero-order chi connectivity index (χ0) is 22.1. The number of likely N-dealkylation sites (tertiary alicyclic amines) is 1. The highest BCUT2D eigenvalue weighted by Gasteiger charge is 2.29. The van der Waals surface area contributed by atoms with Crippen molar-refractivity contribution in [3.63, 3.8) is 0 Å². The molecule has 0 radical (unpaired) electrons. The molecule has 2 aromatic rings. The van der Waals surface area contributed by atoms with E-state index in [4.69, 9.17) is 27.1 Å². The molecule has 0 saturated carbocycles. The third-order valence-corrected chi connectivity index (χ3v) is 7.69. The number of piperidine rings is 1. The number of hydrogen-bond donors (Lipinski definition) is 1. The van der Waals surface area contributed by atoms with Gasteiger partial charge in [-0.2, -0.15) is 0 Å². The fourth-order valence-corrected chi connectivity index (χ4v) is 5.67. The molecule has 1 fully saturated rings. The van der Waals surface area contributed by atoms with E-state index in [1.54, 1.807) is 4.90 Å². The molecule has 0 spiro atoms. The fraction of sp³-hybridized carbons (Fsp3) is 0.391. The molecule has 1 aromatic heterocycles. The average molecular weight is 570 g/mol. The number of rotatable bonds is 2. The van der Waals surface area contributed by atoms with Crippen molar-refractivity contribution in [1.29, 1.82) is 0 Å². The third kappa shape index (κ3) is 4.37. The first-order chi connectivity index (χ1) is 14.9. The largest absolute Gasteiger partial charge is 0.450 e. The predicted molar refractivity (Wildman–Crippen MR) is 132 cm³/mol. The Labute approximate surface area is 204 Å². The van der Waals surface area contributed by atoms with Gasteiger partial charge in [0.1, 0.15) is 0 Å². The molecule has 2 aliphatic rings. The van der Waals surface area contributed by atoms with Gasteiger partial charge in [0.05, 0.1) is 27.5 Å². The third-order valence-electron chi connectivity index (χ3n) is 5.91. The van der Waals surface area contributed by atoms with Crippen LogP contribution in [0, 0.1) is 0 Å². The number of nitrogens with zero attached hydrogens (tertiary/aromatic N) is 2. The second-order valence-corrected chi connectivity index (χ2v) is 9.53. The molecule has 2 heterocycles. The molecule has 0 atom stereocenters. The number of fused-ring (bicyclic) bond motifs is 2. The Morgan fingerprint density at radius 3 is 2.61 bits per heavy atom. The molecular weight excluding hydrogens is 546 g/mol. The van der Waals surface area contributed by atoms with Crippen molar-refractivity contribution in [3.8, 4) is 0 Å². The van der Waals surface area contributed by atoms with Gasteiger partial charge in [-0.25, -0.2) is 4.79 Å². The van der Waals surface area contributed by atoms with Crippen molar-refractivity contribution in [1.82, 2.24) is 9.88 Å². The van der Waals surface area contributed by atoms with E-state index in [9.17, 15) is 4.79 Å². The minimum Gasteiger partial charge on any atom is -0.450 e. The summed E-state index contributed by atoms with van der Waals surface area (Å²) >= 11 is 13.7. The maximum absolute atomic E-state index is 12.2. The number of carbonyl (C=O) groups excluding carboxylic acids is 1. The van der Waals surface area contributed by atoms with Gasteiger partial charge in [0.25, 0.3) is 0 Å². The van der Waals surface area contributed by atoms with Crippen LogP contribution in [0.4, 0.5) is 10.5 Å². The Morgan fingerprint density at radius 2 is 1.94 bits per heavy atom. The average Bonchev–Trinajstić information content (AvgIpc) is 2.94. The number of anilines is 1. The molecule has 31 heavy (non-hydrogen) atoms. The van der Waals surface area contributed by atoms with Crippen LogP contribution in [0.25, 0.3) is 5.57 Å². The molecule has 0 bridgehead atoms. The van der Waals surface area contributed by atoms with Gasteiger partial charge in [0, 0.05) is 35.8 Å². The maximum atomic E-state index is 12.2. The van der Waals surface area contributed by atoms with Crippen LogP contribution in [0.3, 0.4) is 0 Å². The maximum Gasteiger partial charge on any atom is 0.409 e. The van der Waals surface area contributed by atoms with Crippen molar-refractivity contribution in [3.05, 3.63) is 61.3 Å². The first kappa shape index (κ1) is 22.6. The number of halogens is 3. The summed E-state index contributed by atoms with van der Waals surface area (Å²) in [5, 5.41) is 1.33. The van der Waals surface area contributed by atoms with E-state index in [-0.39, 0.29) is 6.09 Å². The topological polar surface area (TPSA) is 68.5 Å². The molecule has 1 saturated heterocycles. The second kappa shape index (κ2) is 9.51. The van der Waals surface area contributed by atoms with E-state index in [1.165, 1.54) is 16.7 Å². The van der Waals surface area contributed by atoms with Crippen LogP contribution in [0.2, 0.25) is 5.02 Å². The van der Waals surface area contributed by atoms with E-state index < -0.39 is 0 Å². The summed E-state index contributed by atoms with van der Waals surface area (Å²) in [6.45, 7) is 3.47. The van der Waals surface area contributed by atoms with Crippen LogP contribution >= 0.6 is 43.5 Å². The number of amides is 1. The highest BCUT2D eigenvalue weighted by atomic mass is 79.9. The monoisotopic (exact) mass is 567 g/mol. The Hall–Kier alpha value is -1.57. The molecule has 1 aromatic carbocycles. The quantitative estimate of drug-likeness (QED) is 0.349. The molecule has 1 amide bonds. The van der Waals surface area contributed by atoms with Gasteiger partial charge in [0.2, 0.25) is 0 Å². The van der Waals surface area contributed by atoms with Gasteiger partial charge in [0.15, 0.2) is 0 Å². The van der Waals surface area contributed by atoms with Crippen molar-refractivity contribution in [2.24, 2.45) is 0 Å². The van der Waals surface area contributed by atoms with Crippen LogP contribution < -0.4 is 5.73 Å². The zero-order valence-corrected chi connectivity index (χ0v) is 21.2. The number of nitrogens with two attached hydrogens (primary N) is 1. The van der Waals surface area contributed by atoms with Gasteiger partial charge in [-0.05, 0) is 71.3 Å². The summed E-state index contributed by atoms with van der Waals surface area (Å²) in [4.78, 5) is 18.8. The Kier molecular flexibility index (Phi) is 6.94. The summed E-state index contributed by atoms with van der Waals surface area (Å²) in [5.74, 6) is 0. The minimum atomic E-state index is -0.245. The van der Waals surface area contributed by atoms with Crippen molar-refractivity contribution in [2.75, 3.05) is 25.4 Å². The van der Waals surface area contributed by atoms with Crippen molar-refractivity contribution in [2.45, 2.75) is 37.9 Å². The summed E-state index contributed by atoms with van der Waals surface area (Å²) in [5.41, 5.74) is 14.9. The van der Waals surface area contributed by atoms with Crippen LogP contribution in [0.1, 0.15) is 47.7 Å². The van der Waals surface area contributed by atoms with Gasteiger partial charge < -0.3 is 15.4 Å². The predicted octanol–water partition coefficient (Wildman–Crippen LogP) is 6.13. The molecule has 164 valence electrons. The van der Waals surface area contributed by atoms with E-state index in [0.717, 1.165) is 57.9 Å². The number of aryl methyl sites for hydroxylation is 2. The lowest BCUT2D eigenvalue weighted by Gasteiger charge is -2.30. The minimum absolute atomic E-state index is 0.245. The van der Waals surface area contributed by atoms with Gasteiger partial charge in [-0.3, -0.25) is 4.98 Å². The highest BCUT2D eigenvalue weighted by molar-refractivity contribution is 9.10. The Balaban J connectivity index is 1.86. The number of hydrogen-bond acceptors (Lipinski definition) is 4. The lowest BCUT2D eigenvalue weighted by molar-refractivity contribution is 0.104. The number of alkyl halides is 1. The summed E-state index contributed by atoms with van der Waals surface area (Å²) < 4.78 is 6.01. The molecule has 8 heteroatoms. The Morgan fingerprint density at radius 1 is 1.23 bits per heavy atom. The SMILES string of the molecule is CCOC(=O)N1CCC(=C2c3ncc(CBr)cc3CCc3cc(Cl)c(N)c(Br)c32)CC1. The van der Waals surface area contributed by atoms with Crippen LogP contribution in [-0.2, 0) is 22.9 Å². The van der Waals surface area contributed by atoms with Crippen molar-refractivity contribution >= 4 is 60.8 Å². The van der Waals surface area contributed by atoms with Crippen molar-refractivity contribution < 1.29 is 9.53 Å². The lowest BCUT2D eigenvalue weighted by atomic mass is 9.88. The van der Waals surface area contributed by atoms with E-state index in [0.29, 0.717) is 30.4 Å². The summed E-state index contributed by atoms with van der Waals surface area (Å²) in [7, 11) is 0. The lowest BCUT2D eigenvalue weighted by Crippen LogP contribution is -2.37. The van der Waals surface area contributed by atoms with Crippen LogP contribution in [0.15, 0.2) is 28.4 Å². The van der Waals surface area contributed by atoms with E-state index in [2.05, 4.69) is 37.9 Å². The zero-order valence-electron chi connectivity index (χ0n) is 17.3. The molecular formula is C23H24Br2ClN3O2. The first-order valence-electron chi connectivity index (χ1n) is 10.4. The summed E-state index contributed by atoms with van der Waals surface area (Å²) in [6.07, 6.45) is 4.97. The fourth-order valence-electron chi connectivity index (χ4n) is 4.36. The van der Waals surface area contributed by atoms with Gasteiger partial charge >= 0.3 is 6.09 Å². The number of pyridine rings is 1. The number of aromatic nitrogens is 1. The number of benzene rings is 1. The molecule has 1 aliphatic carbocycles. The number of nitrogen functional groups attached to an aromatic ring is 1. The van der Waals surface area contributed by atoms with Crippen LogP contribution in [-0.4, -0.2) is 35.7 Å². The number of ether oxygens (including phenoxy) is 1. The van der Waals surface area contributed by atoms with Gasteiger partial charge in [-0.15, -0.1) is 0 Å². The van der Waals surface area contributed by atoms with Gasteiger partial charge in [-0.1, -0.05) is 39.2 Å². The Bertz CT molecular complexity index is 1060. The number of carbonyl (C=O) groups is 1. The molecule has 0 unspecified atom stereocenters. The molecule has 4 rings (SSSR count). The molecule has 2 N–H and O–H groups in total. The summed E-state index contributed by atoms with van der Waals surface area (Å²) in [6, 6.07) is 4.22. The van der Waals surface area contributed by atoms with E-state index >= 15 is 0 Å². The first-order valence-corrected chi connectivity index (χ1v) is 12.7.